The first-order chi connectivity index (χ1) is 16.1. The number of pyridine rings is 1. The highest BCUT2D eigenvalue weighted by Crippen LogP contribution is 2.26. The molecule has 3 aromatic rings. The van der Waals surface area contributed by atoms with Crippen LogP contribution in [0.3, 0.4) is 0 Å². The third kappa shape index (κ3) is 6.05. The van der Waals surface area contributed by atoms with Crippen LogP contribution in [0.5, 0.6) is 0 Å². The molecule has 0 radical (unpaired) electrons. The lowest BCUT2D eigenvalue weighted by atomic mass is 10.0. The van der Waals surface area contributed by atoms with Crippen molar-refractivity contribution in [2.24, 2.45) is 0 Å². The number of piperidine rings is 1. The zero-order valence-electron chi connectivity index (χ0n) is 19.0. The minimum absolute atomic E-state index is 0.0522. The maximum Gasteiger partial charge on any atom is 0.251 e. The minimum atomic E-state index is -0.0601. The van der Waals surface area contributed by atoms with Gasteiger partial charge in [-0.25, -0.2) is 0 Å². The van der Waals surface area contributed by atoms with Gasteiger partial charge in [-0.05, 0) is 42.7 Å². The summed E-state index contributed by atoms with van der Waals surface area (Å²) in [4.78, 5) is 31.5. The van der Waals surface area contributed by atoms with Gasteiger partial charge in [-0.3, -0.25) is 19.5 Å². The fourth-order valence-electron chi connectivity index (χ4n) is 4.10. The largest absolute Gasteiger partial charge is 0.349 e. The number of nitrogens with zero attached hydrogens (tertiary/aromatic N) is 2. The van der Waals surface area contributed by atoms with E-state index in [1.54, 1.807) is 12.3 Å². The third-order valence-electron chi connectivity index (χ3n) is 6.00. The van der Waals surface area contributed by atoms with Crippen molar-refractivity contribution in [3.05, 3.63) is 84.1 Å². The fraction of sp³-hybridized carbons (Fsp3) is 0.296. The van der Waals surface area contributed by atoms with Crippen LogP contribution < -0.4 is 10.6 Å². The molecule has 6 nitrogen and oxygen atoms in total. The molecule has 170 valence electrons. The molecule has 2 amide bonds. The normalized spacial score (nSPS) is 14.6. The molecule has 6 heteroatoms. The summed E-state index contributed by atoms with van der Waals surface area (Å²) in [6.45, 7) is 4.72. The molecule has 2 N–H and O–H groups in total. The van der Waals surface area contributed by atoms with Crippen molar-refractivity contribution >= 4 is 17.5 Å². The molecule has 1 aliphatic rings. The Morgan fingerprint density at radius 2 is 1.70 bits per heavy atom. The van der Waals surface area contributed by atoms with E-state index in [0.717, 1.165) is 38.0 Å². The minimum Gasteiger partial charge on any atom is -0.349 e. The van der Waals surface area contributed by atoms with Crippen molar-refractivity contribution < 1.29 is 9.59 Å². The highest BCUT2D eigenvalue weighted by atomic mass is 16.2. The third-order valence-corrected chi connectivity index (χ3v) is 6.00. The number of rotatable bonds is 7. The first kappa shape index (κ1) is 22.7. The summed E-state index contributed by atoms with van der Waals surface area (Å²) in [7, 11) is 0. The van der Waals surface area contributed by atoms with E-state index in [0.29, 0.717) is 23.4 Å². The Kier molecular flexibility index (Phi) is 7.47. The number of nitrogens with one attached hydrogen (secondary N) is 2. The fourth-order valence-corrected chi connectivity index (χ4v) is 4.10. The van der Waals surface area contributed by atoms with Crippen molar-refractivity contribution in [2.75, 3.05) is 18.4 Å². The molecule has 1 aromatic heterocycles. The lowest BCUT2D eigenvalue weighted by Crippen LogP contribution is -2.44. The second-order valence-corrected chi connectivity index (χ2v) is 8.39. The smallest absolute Gasteiger partial charge is 0.251 e. The van der Waals surface area contributed by atoms with Crippen molar-refractivity contribution in [3.8, 4) is 11.3 Å². The Balaban J connectivity index is 1.33. The number of anilines is 1. The highest BCUT2D eigenvalue weighted by molar-refractivity contribution is 5.96. The maximum absolute atomic E-state index is 12.8. The number of amides is 2. The van der Waals surface area contributed by atoms with Gasteiger partial charge in [-0.15, -0.1) is 0 Å². The van der Waals surface area contributed by atoms with Crippen LogP contribution in [-0.4, -0.2) is 40.8 Å². The molecular formula is C27H30N4O2. The van der Waals surface area contributed by atoms with Gasteiger partial charge >= 0.3 is 0 Å². The number of benzene rings is 2. The van der Waals surface area contributed by atoms with Gasteiger partial charge in [0.05, 0.1) is 11.4 Å². The second kappa shape index (κ2) is 10.9. The lowest BCUT2D eigenvalue weighted by molar-refractivity contribution is -0.115. The molecule has 1 aliphatic heterocycles. The summed E-state index contributed by atoms with van der Waals surface area (Å²) in [5.74, 6) is -0.112. The van der Waals surface area contributed by atoms with Crippen LogP contribution >= 0.6 is 0 Å². The summed E-state index contributed by atoms with van der Waals surface area (Å²) in [6, 6.07) is 21.7. The Bertz CT molecular complexity index is 1070. The topological polar surface area (TPSA) is 74.3 Å². The van der Waals surface area contributed by atoms with Gasteiger partial charge in [0.25, 0.3) is 5.91 Å². The summed E-state index contributed by atoms with van der Waals surface area (Å²) >= 11 is 0. The molecule has 2 heterocycles. The molecule has 2 aromatic carbocycles. The van der Waals surface area contributed by atoms with E-state index in [4.69, 9.17) is 0 Å². The van der Waals surface area contributed by atoms with Crippen LogP contribution in [0.4, 0.5) is 5.69 Å². The van der Waals surface area contributed by atoms with E-state index in [-0.39, 0.29) is 17.9 Å². The molecule has 1 fully saturated rings. The number of carbonyl (C=O) groups is 2. The monoisotopic (exact) mass is 442 g/mol. The molecule has 33 heavy (non-hydrogen) atoms. The number of aromatic nitrogens is 1. The maximum atomic E-state index is 12.8. The molecule has 0 spiro atoms. The van der Waals surface area contributed by atoms with Crippen LogP contribution in [0.15, 0.2) is 72.9 Å². The van der Waals surface area contributed by atoms with E-state index in [1.165, 1.54) is 5.56 Å². The predicted octanol–water partition coefficient (Wildman–Crippen LogP) is 4.49. The van der Waals surface area contributed by atoms with E-state index >= 15 is 0 Å². The molecule has 0 saturated carbocycles. The van der Waals surface area contributed by atoms with Gasteiger partial charge in [-0.1, -0.05) is 49.4 Å². The summed E-state index contributed by atoms with van der Waals surface area (Å²) in [5.41, 5.74) is 4.17. The van der Waals surface area contributed by atoms with Crippen molar-refractivity contribution in [3.63, 3.8) is 0 Å². The molecule has 0 atom stereocenters. The number of carbonyl (C=O) groups excluding carboxylic acids is 2. The molecule has 0 unspecified atom stereocenters. The average Bonchev–Trinajstić information content (AvgIpc) is 2.86. The Hall–Kier alpha value is -3.51. The summed E-state index contributed by atoms with van der Waals surface area (Å²) < 4.78 is 0. The lowest BCUT2D eigenvalue weighted by Gasteiger charge is -2.32. The number of hydrogen-bond acceptors (Lipinski definition) is 4. The molecule has 0 aliphatic carbocycles. The second-order valence-electron chi connectivity index (χ2n) is 8.39. The summed E-state index contributed by atoms with van der Waals surface area (Å²) in [5, 5.41) is 6.07. The van der Waals surface area contributed by atoms with Gasteiger partial charge in [0.1, 0.15) is 0 Å². The van der Waals surface area contributed by atoms with E-state index < -0.39 is 0 Å². The van der Waals surface area contributed by atoms with Crippen LogP contribution in [0.2, 0.25) is 0 Å². The van der Waals surface area contributed by atoms with Crippen molar-refractivity contribution in [2.45, 2.75) is 38.8 Å². The summed E-state index contributed by atoms with van der Waals surface area (Å²) in [6.07, 6.45) is 4.00. The van der Waals surface area contributed by atoms with Gasteiger partial charge in [0.2, 0.25) is 5.91 Å². The Morgan fingerprint density at radius 3 is 2.39 bits per heavy atom. The quantitative estimate of drug-likeness (QED) is 0.565. The van der Waals surface area contributed by atoms with Gasteiger partial charge in [-0.2, -0.15) is 0 Å². The number of likely N-dealkylation sites (tertiary alicyclic amines) is 1. The predicted molar refractivity (Wildman–Crippen MR) is 131 cm³/mol. The first-order valence-electron chi connectivity index (χ1n) is 11.5. The Labute approximate surface area is 195 Å². The first-order valence-corrected chi connectivity index (χ1v) is 11.5. The van der Waals surface area contributed by atoms with E-state index in [1.807, 2.05) is 43.3 Å². The molecule has 0 bridgehead atoms. The van der Waals surface area contributed by atoms with Crippen molar-refractivity contribution in [1.82, 2.24) is 15.2 Å². The van der Waals surface area contributed by atoms with E-state index in [2.05, 4.69) is 44.8 Å². The highest BCUT2D eigenvalue weighted by Gasteiger charge is 2.21. The van der Waals surface area contributed by atoms with Gasteiger partial charge in [0.15, 0.2) is 0 Å². The number of hydrogen-bond donors (Lipinski definition) is 2. The molecular weight excluding hydrogens is 412 g/mol. The van der Waals surface area contributed by atoms with Crippen LogP contribution in [0, 0.1) is 0 Å². The van der Waals surface area contributed by atoms with Gasteiger partial charge < -0.3 is 10.6 Å². The zero-order valence-corrected chi connectivity index (χ0v) is 19.0. The molecule has 4 rings (SSSR count). The van der Waals surface area contributed by atoms with Gasteiger partial charge in [0, 0.05) is 49.4 Å². The Morgan fingerprint density at radius 1 is 0.970 bits per heavy atom. The van der Waals surface area contributed by atoms with Crippen molar-refractivity contribution in [1.29, 1.82) is 0 Å². The zero-order chi connectivity index (χ0) is 23.0. The van der Waals surface area contributed by atoms with Crippen LogP contribution in [0.1, 0.15) is 42.1 Å². The van der Waals surface area contributed by atoms with Crippen LogP contribution in [0.25, 0.3) is 11.3 Å². The standard InChI is InChI=1S/C27H30N4O2/c1-2-25(32)30-24-9-6-16-28-26(24)21-10-12-22(13-11-21)27(33)29-23-14-17-31(18-15-23)19-20-7-4-3-5-8-20/h3-13,16,23H,2,14-15,17-19H2,1H3,(H,29,33)(H,30,32). The molecule has 1 saturated heterocycles. The van der Waals surface area contributed by atoms with Crippen LogP contribution in [-0.2, 0) is 11.3 Å². The van der Waals surface area contributed by atoms with E-state index in [9.17, 15) is 9.59 Å². The average molecular weight is 443 g/mol. The SMILES string of the molecule is CCC(=O)Nc1cccnc1-c1ccc(C(=O)NC2CCN(Cc3ccccc3)CC2)cc1.